The number of ether oxygens (including phenoxy) is 1. The molecule has 1 atom stereocenters. The van der Waals surface area contributed by atoms with E-state index in [1.54, 1.807) is 4.57 Å². The van der Waals surface area contributed by atoms with Gasteiger partial charge in [0.05, 0.1) is 5.69 Å². The quantitative estimate of drug-likeness (QED) is 0.246. The smallest absolute Gasteiger partial charge is 0.326 e. The molecule has 1 aliphatic rings. The predicted molar refractivity (Wildman–Crippen MR) is 124 cm³/mol. The molecule has 4 rings (SSSR count). The Morgan fingerprint density at radius 3 is 2.61 bits per heavy atom. The molecule has 8 nitrogen and oxygen atoms in total. The van der Waals surface area contributed by atoms with Crippen molar-refractivity contribution < 1.29 is 14.6 Å². The van der Waals surface area contributed by atoms with Crippen molar-refractivity contribution in [2.75, 3.05) is 23.5 Å². The predicted octanol–water partition coefficient (Wildman–Crippen LogP) is 3.51. The fourth-order valence-corrected chi connectivity index (χ4v) is 3.98. The lowest BCUT2D eigenvalue weighted by Crippen LogP contribution is -2.43. The third-order valence-corrected chi connectivity index (χ3v) is 5.47. The number of hydrogen-bond donors (Lipinski definition) is 4. The molecular weight excluding hydrogens is 434 g/mol. The summed E-state index contributed by atoms with van der Waals surface area (Å²) in [4.78, 5) is 13.4. The number of thiol groups is 2. The molecular formula is C21H21N5O3S2. The maximum absolute atomic E-state index is 11.6. The van der Waals surface area contributed by atoms with Crippen LogP contribution >= 0.6 is 25.3 Å². The van der Waals surface area contributed by atoms with Crippen LogP contribution in [0.2, 0.25) is 0 Å². The molecule has 0 aliphatic carbocycles. The number of hydrogen-bond acceptors (Lipinski definition) is 8. The summed E-state index contributed by atoms with van der Waals surface area (Å²) in [5, 5.41) is 21.4. The van der Waals surface area contributed by atoms with Crippen LogP contribution < -0.4 is 15.0 Å². The highest BCUT2D eigenvalue weighted by Gasteiger charge is 2.26. The maximum Gasteiger partial charge on any atom is 0.326 e. The van der Waals surface area contributed by atoms with Crippen LogP contribution in [0.4, 0.5) is 11.4 Å². The zero-order valence-electron chi connectivity index (χ0n) is 16.4. The van der Waals surface area contributed by atoms with Gasteiger partial charge in [0.15, 0.2) is 17.0 Å². The Labute approximate surface area is 190 Å². The Kier molecular flexibility index (Phi) is 6.38. The van der Waals surface area contributed by atoms with Gasteiger partial charge >= 0.3 is 5.97 Å². The van der Waals surface area contributed by atoms with Gasteiger partial charge < -0.3 is 20.1 Å². The first-order chi connectivity index (χ1) is 15.0. The summed E-state index contributed by atoms with van der Waals surface area (Å²) in [7, 11) is 0. The van der Waals surface area contributed by atoms with Crippen LogP contribution in [-0.4, -0.2) is 45.2 Å². The van der Waals surface area contributed by atoms with Gasteiger partial charge in [0.1, 0.15) is 11.8 Å². The van der Waals surface area contributed by atoms with Crippen molar-refractivity contribution in [3.05, 3.63) is 60.7 Å². The molecule has 0 saturated heterocycles. The standard InChI is InChI=1S/C21H21N5O3S2/c27-19(28)18-9-1-2-10-25(18)15-6-4-8-17(12-15)29-13-22-14-5-3-7-16(11-14)26-20(30)23-24-21(26)31/h1-8,11-12,18,22H,9-10,13H2,(H,23,30)(H,24,31)(H,27,28). The molecule has 10 heteroatoms. The molecule has 2 aromatic carbocycles. The Morgan fingerprint density at radius 1 is 1.10 bits per heavy atom. The van der Waals surface area contributed by atoms with E-state index in [0.29, 0.717) is 29.0 Å². The number of carboxylic acid groups (broad SMARTS) is 1. The largest absolute Gasteiger partial charge is 0.480 e. The second-order valence-corrected chi connectivity index (χ2v) is 7.66. The van der Waals surface area contributed by atoms with E-state index in [2.05, 4.69) is 40.8 Å². The SMILES string of the molecule is O=C(O)C1CC=CCN1c1cccc(OCNc2cccc(-n3c(S)nnc3S)c2)c1. The Balaban J connectivity index is 1.42. The van der Waals surface area contributed by atoms with Gasteiger partial charge in [0.2, 0.25) is 0 Å². The average Bonchev–Trinajstić information content (AvgIpc) is 3.12. The molecule has 0 amide bonds. The normalized spacial score (nSPS) is 15.7. The first-order valence-electron chi connectivity index (χ1n) is 9.58. The molecule has 31 heavy (non-hydrogen) atoms. The van der Waals surface area contributed by atoms with Gasteiger partial charge in [-0.3, -0.25) is 4.57 Å². The zero-order chi connectivity index (χ0) is 21.8. The number of nitrogens with zero attached hydrogens (tertiary/aromatic N) is 4. The van der Waals surface area contributed by atoms with E-state index in [-0.39, 0.29) is 6.73 Å². The topological polar surface area (TPSA) is 92.5 Å². The molecule has 0 fully saturated rings. The highest BCUT2D eigenvalue weighted by atomic mass is 32.1. The summed E-state index contributed by atoms with van der Waals surface area (Å²) in [6.07, 6.45) is 4.36. The minimum Gasteiger partial charge on any atom is -0.480 e. The van der Waals surface area contributed by atoms with Crippen molar-refractivity contribution in [3.8, 4) is 11.4 Å². The van der Waals surface area contributed by atoms with Gasteiger partial charge in [0, 0.05) is 24.0 Å². The molecule has 1 unspecified atom stereocenters. The van der Waals surface area contributed by atoms with Crippen LogP contribution in [-0.2, 0) is 4.79 Å². The van der Waals surface area contributed by atoms with E-state index in [1.807, 2.05) is 65.6 Å². The van der Waals surface area contributed by atoms with E-state index < -0.39 is 12.0 Å². The van der Waals surface area contributed by atoms with Crippen LogP contribution in [0.25, 0.3) is 5.69 Å². The number of anilines is 2. The van der Waals surface area contributed by atoms with Gasteiger partial charge in [-0.05, 0) is 36.8 Å². The molecule has 0 saturated carbocycles. The molecule has 0 bridgehead atoms. The fraction of sp³-hybridized carbons (Fsp3) is 0.190. The molecule has 3 aromatic rings. The highest BCUT2D eigenvalue weighted by molar-refractivity contribution is 7.80. The van der Waals surface area contributed by atoms with Crippen LogP contribution in [0.15, 0.2) is 71.0 Å². The third-order valence-electron chi connectivity index (χ3n) is 4.89. The first-order valence-corrected chi connectivity index (χ1v) is 10.5. The number of rotatable bonds is 7. The highest BCUT2D eigenvalue weighted by Crippen LogP contribution is 2.26. The van der Waals surface area contributed by atoms with Gasteiger partial charge in [-0.1, -0.05) is 24.3 Å². The van der Waals surface area contributed by atoms with Crippen molar-refractivity contribution in [2.24, 2.45) is 0 Å². The molecule has 160 valence electrons. The van der Waals surface area contributed by atoms with Gasteiger partial charge in [-0.25, -0.2) is 4.79 Å². The van der Waals surface area contributed by atoms with Crippen LogP contribution in [0.3, 0.4) is 0 Å². The number of nitrogens with one attached hydrogen (secondary N) is 1. The van der Waals surface area contributed by atoms with Gasteiger partial charge in [-0.15, -0.1) is 35.5 Å². The minimum atomic E-state index is -0.834. The van der Waals surface area contributed by atoms with E-state index in [4.69, 9.17) is 4.74 Å². The lowest BCUT2D eigenvalue weighted by atomic mass is 10.1. The van der Waals surface area contributed by atoms with E-state index in [0.717, 1.165) is 17.1 Å². The van der Waals surface area contributed by atoms with Crippen molar-refractivity contribution in [2.45, 2.75) is 22.8 Å². The monoisotopic (exact) mass is 455 g/mol. The van der Waals surface area contributed by atoms with Crippen molar-refractivity contribution in [1.29, 1.82) is 0 Å². The lowest BCUT2D eigenvalue weighted by Gasteiger charge is -2.32. The number of carboxylic acids is 1. The molecule has 2 N–H and O–H groups in total. The lowest BCUT2D eigenvalue weighted by molar-refractivity contribution is -0.138. The summed E-state index contributed by atoms with van der Waals surface area (Å²) in [5.74, 6) is -0.187. The van der Waals surface area contributed by atoms with Crippen molar-refractivity contribution >= 4 is 42.6 Å². The molecule has 1 aliphatic heterocycles. The summed E-state index contributed by atoms with van der Waals surface area (Å²) >= 11 is 8.61. The van der Waals surface area contributed by atoms with Crippen LogP contribution in [0, 0.1) is 0 Å². The van der Waals surface area contributed by atoms with Gasteiger partial charge in [-0.2, -0.15) is 0 Å². The number of carbonyl (C=O) groups is 1. The number of aromatic nitrogens is 3. The van der Waals surface area contributed by atoms with E-state index in [1.165, 1.54) is 0 Å². The minimum absolute atomic E-state index is 0.235. The van der Waals surface area contributed by atoms with Crippen LogP contribution in [0.5, 0.6) is 5.75 Å². The molecule has 0 radical (unpaired) electrons. The molecule has 1 aromatic heterocycles. The average molecular weight is 456 g/mol. The summed E-state index contributed by atoms with van der Waals surface area (Å²) in [5.41, 5.74) is 2.48. The van der Waals surface area contributed by atoms with Crippen LogP contribution in [0.1, 0.15) is 6.42 Å². The van der Waals surface area contributed by atoms with E-state index in [9.17, 15) is 9.90 Å². The number of aliphatic carboxylic acids is 1. The Morgan fingerprint density at radius 2 is 1.84 bits per heavy atom. The fourth-order valence-electron chi connectivity index (χ4n) is 3.40. The number of benzene rings is 2. The molecule has 2 heterocycles. The van der Waals surface area contributed by atoms with E-state index >= 15 is 0 Å². The summed E-state index contributed by atoms with van der Waals surface area (Å²) in [6.45, 7) is 0.785. The Hall–Kier alpha value is -3.11. The first kappa shape index (κ1) is 21.1. The summed E-state index contributed by atoms with van der Waals surface area (Å²) < 4.78 is 7.57. The van der Waals surface area contributed by atoms with Crippen molar-refractivity contribution in [1.82, 2.24) is 14.8 Å². The van der Waals surface area contributed by atoms with Gasteiger partial charge in [0.25, 0.3) is 0 Å². The summed E-state index contributed by atoms with van der Waals surface area (Å²) in [6, 6.07) is 14.5. The maximum atomic E-state index is 11.6. The third kappa shape index (κ3) is 4.80. The molecule has 0 spiro atoms. The Bertz CT molecular complexity index is 1100. The van der Waals surface area contributed by atoms with Crippen molar-refractivity contribution in [3.63, 3.8) is 0 Å². The second-order valence-electron chi connectivity index (χ2n) is 6.86. The zero-order valence-corrected chi connectivity index (χ0v) is 18.2. The second kappa shape index (κ2) is 9.36.